The zero-order valence-corrected chi connectivity index (χ0v) is 8.37. The van der Waals surface area contributed by atoms with E-state index >= 15 is 0 Å². The summed E-state index contributed by atoms with van der Waals surface area (Å²) in [5, 5.41) is 25.1. The van der Waals surface area contributed by atoms with E-state index in [4.69, 9.17) is 5.11 Å². The first kappa shape index (κ1) is 13.3. The van der Waals surface area contributed by atoms with Crippen LogP contribution in [0.25, 0.3) is 0 Å². The van der Waals surface area contributed by atoms with E-state index in [0.717, 1.165) is 0 Å². The topological polar surface area (TPSA) is 108 Å². The van der Waals surface area contributed by atoms with Crippen molar-refractivity contribution in [3.05, 3.63) is 12.3 Å². The van der Waals surface area contributed by atoms with E-state index in [1.807, 2.05) is 0 Å². The van der Waals surface area contributed by atoms with Gasteiger partial charge in [-0.3, -0.25) is 0 Å². The summed E-state index contributed by atoms with van der Waals surface area (Å²) < 4.78 is 4.61. The number of hydrogen-bond acceptors (Lipinski definition) is 8. The van der Waals surface area contributed by atoms with Crippen LogP contribution < -0.4 is 12.4 Å². The van der Waals surface area contributed by atoms with Crippen LogP contribution in [0.15, 0.2) is 38.2 Å². The number of hydrogen-bond donors (Lipinski definition) is 1. The Morgan fingerprint density at radius 2 is 2.27 bits per heavy atom. The molecule has 1 unspecified atom stereocenters. The SMILES string of the molecule is CC(O)C(=O)OC1=NN=NN=NC=C1.[Cl-].[H+]. The number of halogens is 1. The van der Waals surface area contributed by atoms with Gasteiger partial charge in [-0.2, -0.15) is 0 Å². The van der Waals surface area contributed by atoms with E-state index in [1.165, 1.54) is 19.2 Å². The Labute approximate surface area is 92.3 Å². The first-order valence-corrected chi connectivity index (χ1v) is 3.64. The van der Waals surface area contributed by atoms with Crippen molar-refractivity contribution in [2.24, 2.45) is 25.9 Å². The Balaban J connectivity index is 0. The standard InChI is InChI=1S/C6H7N5O3.ClH/c1-4(12)6(13)14-5-2-3-7-9-11-10-8-5;/h2-4,12H,1H3;1H. The van der Waals surface area contributed by atoms with Crippen molar-refractivity contribution < 1.29 is 28.5 Å². The third-order valence-electron chi connectivity index (χ3n) is 1.10. The number of rotatable bonds is 1. The molecule has 15 heavy (non-hydrogen) atoms. The maximum absolute atomic E-state index is 10.9. The monoisotopic (exact) mass is 233 g/mol. The highest BCUT2D eigenvalue weighted by Crippen LogP contribution is 1.97. The number of aliphatic hydroxyl groups is 1. The molecule has 0 bridgehead atoms. The van der Waals surface area contributed by atoms with Crippen LogP contribution in [0.3, 0.4) is 0 Å². The summed E-state index contributed by atoms with van der Waals surface area (Å²) in [7, 11) is 0. The quantitative estimate of drug-likeness (QED) is 0.514. The zero-order valence-electron chi connectivity index (χ0n) is 8.61. The van der Waals surface area contributed by atoms with Gasteiger partial charge in [-0.25, -0.2) is 4.79 Å². The van der Waals surface area contributed by atoms with E-state index in [2.05, 4.69) is 30.6 Å². The third kappa shape index (κ3) is 4.93. The molecule has 1 atom stereocenters. The Hall–Kier alpha value is -1.67. The van der Waals surface area contributed by atoms with Crippen LogP contribution in [-0.2, 0) is 9.53 Å². The normalized spacial score (nSPS) is 15.7. The lowest BCUT2D eigenvalue weighted by Gasteiger charge is -2.03. The summed E-state index contributed by atoms with van der Waals surface area (Å²) >= 11 is 0. The molecule has 0 saturated heterocycles. The van der Waals surface area contributed by atoms with Crippen LogP contribution in [0.5, 0.6) is 0 Å². The van der Waals surface area contributed by atoms with E-state index < -0.39 is 12.1 Å². The summed E-state index contributed by atoms with van der Waals surface area (Å²) in [6.07, 6.45) is 1.27. The van der Waals surface area contributed by atoms with Crippen LogP contribution in [0, 0.1) is 0 Å². The Kier molecular flexibility index (Phi) is 5.99. The van der Waals surface area contributed by atoms with Crippen LogP contribution in [-0.4, -0.2) is 23.1 Å². The molecule has 0 aromatic heterocycles. The zero-order chi connectivity index (χ0) is 10.4. The van der Waals surface area contributed by atoms with Crippen molar-refractivity contribution in [2.45, 2.75) is 13.0 Å². The van der Waals surface area contributed by atoms with Gasteiger partial charge in [0.25, 0.3) is 0 Å². The number of carbonyl (C=O) groups is 1. The Morgan fingerprint density at radius 3 is 2.93 bits per heavy atom. The molecule has 0 aliphatic carbocycles. The van der Waals surface area contributed by atoms with Crippen LogP contribution in [0.4, 0.5) is 0 Å². The van der Waals surface area contributed by atoms with Gasteiger partial charge in [0.1, 0.15) is 6.10 Å². The molecule has 0 spiro atoms. The lowest BCUT2D eigenvalue weighted by molar-refractivity contribution is -0.143. The smallest absolute Gasteiger partial charge is 1.00 e. The number of nitrogens with zero attached hydrogens (tertiary/aromatic N) is 5. The molecular formula is C6H8ClN5O3. The highest BCUT2D eigenvalue weighted by molar-refractivity contribution is 5.96. The molecule has 8 nitrogen and oxygen atoms in total. The largest absolute Gasteiger partial charge is 1.00 e. The maximum atomic E-state index is 10.9. The van der Waals surface area contributed by atoms with Gasteiger partial charge in [0.05, 0.1) is 6.20 Å². The van der Waals surface area contributed by atoms with E-state index in [9.17, 15) is 4.79 Å². The predicted octanol–water partition coefficient (Wildman–Crippen LogP) is -2.31. The average molecular weight is 234 g/mol. The fraction of sp³-hybridized carbons (Fsp3) is 0.333. The fourth-order valence-corrected chi connectivity index (χ4v) is 0.508. The summed E-state index contributed by atoms with van der Waals surface area (Å²) in [4.78, 5) is 10.9. The van der Waals surface area contributed by atoms with Crippen molar-refractivity contribution in [2.75, 3.05) is 0 Å². The number of aliphatic hydroxyl groups excluding tert-OH is 1. The molecule has 0 amide bonds. The van der Waals surface area contributed by atoms with E-state index in [-0.39, 0.29) is 19.7 Å². The fourth-order valence-electron chi connectivity index (χ4n) is 0.508. The van der Waals surface area contributed by atoms with Gasteiger partial charge in [0.15, 0.2) is 0 Å². The van der Waals surface area contributed by atoms with Gasteiger partial charge in [-0.05, 0) is 22.6 Å². The van der Waals surface area contributed by atoms with Crippen LogP contribution in [0.1, 0.15) is 8.35 Å². The number of carbonyl (C=O) groups excluding carboxylic acids is 1. The first-order valence-electron chi connectivity index (χ1n) is 3.64. The molecule has 1 aliphatic heterocycles. The highest BCUT2D eigenvalue weighted by atomic mass is 35.5. The minimum Gasteiger partial charge on any atom is -1.00 e. The second kappa shape index (κ2) is 6.74. The minimum absolute atomic E-state index is 0. The van der Waals surface area contributed by atoms with Crippen molar-refractivity contribution in [1.29, 1.82) is 0 Å². The van der Waals surface area contributed by atoms with Gasteiger partial charge in [-0.15, -0.1) is 5.11 Å². The predicted molar refractivity (Wildman–Crippen MR) is 45.2 cm³/mol. The average Bonchev–Trinajstić information content (AvgIpc) is 2.08. The molecule has 1 heterocycles. The van der Waals surface area contributed by atoms with Crippen LogP contribution >= 0.6 is 0 Å². The van der Waals surface area contributed by atoms with Gasteiger partial charge in [-0.1, -0.05) is 5.10 Å². The second-order valence-corrected chi connectivity index (χ2v) is 2.23. The highest BCUT2D eigenvalue weighted by Gasteiger charge is 2.12. The molecule has 0 saturated carbocycles. The van der Waals surface area contributed by atoms with Gasteiger partial charge >= 0.3 is 7.40 Å². The number of ether oxygens (including phenoxy) is 1. The summed E-state index contributed by atoms with van der Waals surface area (Å²) in [6, 6.07) is 0. The van der Waals surface area contributed by atoms with Crippen LogP contribution in [0.2, 0.25) is 0 Å². The van der Waals surface area contributed by atoms with Gasteiger partial charge in [0, 0.05) is 6.08 Å². The lowest BCUT2D eigenvalue weighted by atomic mass is 10.4. The van der Waals surface area contributed by atoms with Gasteiger partial charge < -0.3 is 22.3 Å². The van der Waals surface area contributed by atoms with E-state index in [0.29, 0.717) is 0 Å². The lowest BCUT2D eigenvalue weighted by Crippen LogP contribution is -3.00. The molecule has 9 heteroatoms. The van der Waals surface area contributed by atoms with Crippen molar-refractivity contribution >= 4 is 11.9 Å². The summed E-state index contributed by atoms with van der Waals surface area (Å²) in [5.41, 5.74) is 0. The van der Waals surface area contributed by atoms with Crippen molar-refractivity contribution in [1.82, 2.24) is 0 Å². The molecule has 0 aromatic carbocycles. The molecule has 82 valence electrons. The molecule has 1 aliphatic rings. The molecule has 1 rings (SSSR count). The minimum atomic E-state index is -1.23. The molecular weight excluding hydrogens is 226 g/mol. The van der Waals surface area contributed by atoms with E-state index in [1.54, 1.807) is 0 Å². The third-order valence-corrected chi connectivity index (χ3v) is 1.10. The van der Waals surface area contributed by atoms with Gasteiger partial charge in [0.2, 0.25) is 5.90 Å². The molecule has 0 aromatic rings. The second-order valence-electron chi connectivity index (χ2n) is 2.23. The summed E-state index contributed by atoms with van der Waals surface area (Å²) in [5.74, 6) is -0.945. The number of esters is 1. The van der Waals surface area contributed by atoms with Crippen molar-refractivity contribution in [3.8, 4) is 0 Å². The first-order chi connectivity index (χ1) is 6.70. The molecule has 0 fully saturated rings. The van der Waals surface area contributed by atoms with Crippen molar-refractivity contribution in [3.63, 3.8) is 0 Å². The maximum Gasteiger partial charge on any atom is 1.00 e. The Morgan fingerprint density at radius 1 is 1.53 bits per heavy atom. The molecule has 1 N–H and O–H groups in total. The summed E-state index contributed by atoms with van der Waals surface area (Å²) in [6.45, 7) is 1.27. The Bertz CT molecular complexity index is 341. The molecule has 0 radical (unpaired) electrons.